The van der Waals surface area contributed by atoms with Gasteiger partial charge >= 0.3 is 5.97 Å². The van der Waals surface area contributed by atoms with Gasteiger partial charge in [-0.1, -0.05) is 12.1 Å². The molecule has 0 amide bonds. The number of aliphatic carboxylic acids is 1. The van der Waals surface area contributed by atoms with Crippen LogP contribution in [0, 0.1) is 0 Å². The van der Waals surface area contributed by atoms with Crippen molar-refractivity contribution in [2.75, 3.05) is 11.5 Å². The van der Waals surface area contributed by atoms with Crippen LogP contribution in [0.2, 0.25) is 0 Å². The van der Waals surface area contributed by atoms with Gasteiger partial charge in [0.25, 0.3) is 0 Å². The van der Waals surface area contributed by atoms with E-state index in [0.717, 1.165) is 12.1 Å². The lowest BCUT2D eigenvalue weighted by Crippen LogP contribution is -2.14. The highest BCUT2D eigenvalue weighted by Gasteiger charge is 2.08. The smallest absolute Gasteiger partial charge is 0.303 e. The first-order valence-electron chi connectivity index (χ1n) is 6.24. The number of carbonyl (C=O) groups is 1. The van der Waals surface area contributed by atoms with E-state index in [4.69, 9.17) is 5.11 Å². The summed E-state index contributed by atoms with van der Waals surface area (Å²) in [6, 6.07) is 0. The molecule has 108 valence electrons. The first-order valence-corrected chi connectivity index (χ1v) is 8.06. The summed E-state index contributed by atoms with van der Waals surface area (Å²) in [5, 5.41) is 16.3. The van der Waals surface area contributed by atoms with Gasteiger partial charge in [-0.05, 0) is 19.3 Å². The van der Waals surface area contributed by atoms with E-state index >= 15 is 0 Å². The van der Waals surface area contributed by atoms with E-state index in [9.17, 15) is 13.2 Å². The average Bonchev–Trinajstić information content (AvgIpc) is 2.80. The minimum absolute atomic E-state index is 0.0608. The summed E-state index contributed by atoms with van der Waals surface area (Å²) in [6.07, 6.45) is 3.87. The molecule has 0 bridgehead atoms. The fourth-order valence-electron chi connectivity index (χ4n) is 1.52. The number of hydrogen-bond acceptors (Lipinski definition) is 5. The fraction of sp³-hybridized carbons (Fsp3) is 0.727. The first kappa shape index (κ1) is 15.6. The second kappa shape index (κ2) is 7.22. The number of aromatic nitrogens is 3. The Hall–Kier alpha value is -1.44. The number of hydrogen-bond donors (Lipinski definition) is 1. The number of aryl methyl sites for hydroxylation is 2. The van der Waals surface area contributed by atoms with E-state index in [1.807, 2.05) is 0 Å². The summed E-state index contributed by atoms with van der Waals surface area (Å²) >= 11 is 0. The molecular formula is C11H19N3O4S. The molecule has 19 heavy (non-hydrogen) atoms. The SMILES string of the molecule is CCS(=O)(=O)CCn1cc(CCCCC(=O)O)nn1. The topological polar surface area (TPSA) is 102 Å². The predicted octanol–water partition coefficient (Wildman–Crippen LogP) is 0.510. The number of carboxylic acid groups (broad SMARTS) is 1. The van der Waals surface area contributed by atoms with E-state index in [1.165, 1.54) is 4.68 Å². The van der Waals surface area contributed by atoms with Gasteiger partial charge in [-0.15, -0.1) is 5.10 Å². The predicted molar refractivity (Wildman–Crippen MR) is 69.5 cm³/mol. The average molecular weight is 289 g/mol. The van der Waals surface area contributed by atoms with Crippen LogP contribution in [0.3, 0.4) is 0 Å². The quantitative estimate of drug-likeness (QED) is 0.664. The molecule has 0 aliphatic rings. The highest BCUT2D eigenvalue weighted by atomic mass is 32.2. The second-order valence-electron chi connectivity index (χ2n) is 4.31. The summed E-state index contributed by atoms with van der Waals surface area (Å²) < 4.78 is 24.2. The Labute approximate surface area is 112 Å². The Morgan fingerprint density at radius 2 is 2.16 bits per heavy atom. The van der Waals surface area contributed by atoms with Crippen LogP contribution in [0.1, 0.15) is 31.9 Å². The van der Waals surface area contributed by atoms with E-state index in [1.54, 1.807) is 13.1 Å². The molecule has 1 aromatic heterocycles. The third-order valence-electron chi connectivity index (χ3n) is 2.73. The van der Waals surface area contributed by atoms with Crippen molar-refractivity contribution in [3.63, 3.8) is 0 Å². The van der Waals surface area contributed by atoms with Gasteiger partial charge in [0.15, 0.2) is 9.84 Å². The van der Waals surface area contributed by atoms with Crippen molar-refractivity contribution in [1.29, 1.82) is 0 Å². The Kier molecular flexibility index (Phi) is 5.94. The molecular weight excluding hydrogens is 270 g/mol. The highest BCUT2D eigenvalue weighted by molar-refractivity contribution is 7.91. The van der Waals surface area contributed by atoms with Crippen LogP contribution in [0.5, 0.6) is 0 Å². The van der Waals surface area contributed by atoms with Gasteiger partial charge in [0.2, 0.25) is 0 Å². The van der Waals surface area contributed by atoms with Crippen molar-refractivity contribution in [3.8, 4) is 0 Å². The molecule has 0 atom stereocenters. The largest absolute Gasteiger partial charge is 0.481 e. The Bertz CT molecular complexity index is 510. The highest BCUT2D eigenvalue weighted by Crippen LogP contribution is 2.04. The third kappa shape index (κ3) is 6.32. The molecule has 1 rings (SSSR count). The standard InChI is InChI=1S/C11H19N3O4S/c1-2-19(17,18)8-7-14-9-10(12-13-14)5-3-4-6-11(15)16/h9H,2-8H2,1H3,(H,15,16). The summed E-state index contributed by atoms with van der Waals surface area (Å²) in [5.74, 6) is -0.608. The molecule has 0 fully saturated rings. The van der Waals surface area contributed by atoms with Gasteiger partial charge in [-0.3, -0.25) is 9.48 Å². The van der Waals surface area contributed by atoms with Crippen molar-refractivity contribution in [3.05, 3.63) is 11.9 Å². The molecule has 7 nitrogen and oxygen atoms in total. The van der Waals surface area contributed by atoms with Crippen LogP contribution in [0.4, 0.5) is 0 Å². The van der Waals surface area contributed by atoms with E-state index in [2.05, 4.69) is 10.3 Å². The molecule has 1 aromatic rings. The van der Waals surface area contributed by atoms with Crippen molar-refractivity contribution in [2.45, 2.75) is 39.2 Å². The molecule has 0 saturated heterocycles. The number of nitrogens with zero attached hydrogens (tertiary/aromatic N) is 3. The van der Waals surface area contributed by atoms with Crippen molar-refractivity contribution < 1.29 is 18.3 Å². The molecule has 0 unspecified atom stereocenters. The summed E-state index contributed by atoms with van der Waals surface area (Å²) in [5.41, 5.74) is 0.763. The molecule has 1 heterocycles. The van der Waals surface area contributed by atoms with Gasteiger partial charge in [-0.25, -0.2) is 8.42 Å². The van der Waals surface area contributed by atoms with Gasteiger partial charge in [0.1, 0.15) is 0 Å². The van der Waals surface area contributed by atoms with Gasteiger partial charge in [0, 0.05) is 18.4 Å². The first-order chi connectivity index (χ1) is 8.93. The maximum atomic E-state index is 11.3. The molecule has 0 aliphatic heterocycles. The Balaban J connectivity index is 2.34. The van der Waals surface area contributed by atoms with Crippen LogP contribution >= 0.6 is 0 Å². The van der Waals surface area contributed by atoms with Gasteiger partial charge < -0.3 is 5.11 Å². The maximum Gasteiger partial charge on any atom is 0.303 e. The minimum atomic E-state index is -2.99. The lowest BCUT2D eigenvalue weighted by Gasteiger charge is -2.00. The van der Waals surface area contributed by atoms with Crippen LogP contribution < -0.4 is 0 Å². The fourth-order valence-corrected chi connectivity index (χ4v) is 2.28. The Morgan fingerprint density at radius 1 is 1.42 bits per heavy atom. The maximum absolute atomic E-state index is 11.3. The van der Waals surface area contributed by atoms with E-state index in [-0.39, 0.29) is 17.9 Å². The van der Waals surface area contributed by atoms with Crippen LogP contribution in [0.15, 0.2) is 6.20 Å². The van der Waals surface area contributed by atoms with Crippen molar-refractivity contribution in [1.82, 2.24) is 15.0 Å². The number of rotatable bonds is 9. The molecule has 0 saturated carbocycles. The van der Waals surface area contributed by atoms with Crippen molar-refractivity contribution >= 4 is 15.8 Å². The molecule has 0 aliphatic carbocycles. The number of sulfone groups is 1. The minimum Gasteiger partial charge on any atom is -0.481 e. The summed E-state index contributed by atoms with van der Waals surface area (Å²) in [4.78, 5) is 10.3. The zero-order chi connectivity index (χ0) is 14.3. The monoisotopic (exact) mass is 289 g/mol. The molecule has 0 aromatic carbocycles. The molecule has 8 heteroatoms. The lowest BCUT2D eigenvalue weighted by molar-refractivity contribution is -0.137. The molecule has 0 radical (unpaired) electrons. The zero-order valence-electron chi connectivity index (χ0n) is 10.9. The summed E-state index contributed by atoms with van der Waals surface area (Å²) in [7, 11) is -2.99. The number of unbranched alkanes of at least 4 members (excludes halogenated alkanes) is 1. The molecule has 1 N–H and O–H groups in total. The third-order valence-corrected chi connectivity index (χ3v) is 4.42. The molecule has 0 spiro atoms. The van der Waals surface area contributed by atoms with Crippen molar-refractivity contribution in [2.24, 2.45) is 0 Å². The summed E-state index contributed by atoms with van der Waals surface area (Å²) in [6.45, 7) is 1.92. The van der Waals surface area contributed by atoms with Crippen LogP contribution in [-0.4, -0.2) is 46.0 Å². The normalized spacial score (nSPS) is 11.6. The van der Waals surface area contributed by atoms with Gasteiger partial charge in [0.05, 0.1) is 18.0 Å². The second-order valence-corrected chi connectivity index (χ2v) is 6.78. The Morgan fingerprint density at radius 3 is 2.79 bits per heavy atom. The lowest BCUT2D eigenvalue weighted by atomic mass is 10.1. The van der Waals surface area contributed by atoms with E-state index in [0.29, 0.717) is 19.4 Å². The number of carboxylic acids is 1. The van der Waals surface area contributed by atoms with Gasteiger partial charge in [-0.2, -0.15) is 0 Å². The van der Waals surface area contributed by atoms with E-state index < -0.39 is 15.8 Å². The van der Waals surface area contributed by atoms with Crippen LogP contribution in [0.25, 0.3) is 0 Å². The van der Waals surface area contributed by atoms with Crippen LogP contribution in [-0.2, 0) is 27.6 Å². The zero-order valence-corrected chi connectivity index (χ0v) is 11.8.